The third-order valence-corrected chi connectivity index (χ3v) is 3.82. The highest BCUT2D eigenvalue weighted by Crippen LogP contribution is 2.25. The molecule has 1 N–H and O–H groups in total. The summed E-state index contributed by atoms with van der Waals surface area (Å²) in [5.74, 6) is 1.54. The van der Waals surface area contributed by atoms with E-state index in [1.165, 1.54) is 0 Å². The topological polar surface area (TPSA) is 69.2 Å². The Morgan fingerprint density at radius 2 is 1.68 bits per heavy atom. The van der Waals surface area contributed by atoms with E-state index in [0.29, 0.717) is 11.5 Å². The molecule has 0 aliphatic heterocycles. The van der Waals surface area contributed by atoms with Gasteiger partial charge in [-0.15, -0.1) is 0 Å². The van der Waals surface area contributed by atoms with Gasteiger partial charge in [0, 0.05) is 0 Å². The lowest BCUT2D eigenvalue weighted by Crippen LogP contribution is -2.24. The molecule has 0 spiro atoms. The zero-order valence-electron chi connectivity index (χ0n) is 14.8. The highest BCUT2D eigenvalue weighted by atomic mass is 16.5. The molecule has 0 aliphatic carbocycles. The van der Waals surface area contributed by atoms with Crippen molar-refractivity contribution in [2.75, 3.05) is 20.8 Å². The van der Waals surface area contributed by atoms with Gasteiger partial charge in [-0.3, -0.25) is 4.79 Å². The maximum absolute atomic E-state index is 11.8. The van der Waals surface area contributed by atoms with Crippen molar-refractivity contribution in [3.05, 3.63) is 53.1 Å². The number of benzene rings is 2. The Hall–Kier alpha value is -3.02. The monoisotopic (exact) mass is 342 g/mol. The van der Waals surface area contributed by atoms with Crippen LogP contribution in [0.2, 0.25) is 0 Å². The minimum atomic E-state index is -0.356. The Kier molecular flexibility index (Phi) is 6.39. The lowest BCUT2D eigenvalue weighted by molar-refractivity contribution is -0.123. The first-order valence-electron chi connectivity index (χ1n) is 7.78. The van der Waals surface area contributed by atoms with Gasteiger partial charge >= 0.3 is 0 Å². The van der Waals surface area contributed by atoms with Crippen LogP contribution in [0, 0.1) is 13.8 Å². The molecule has 2 rings (SSSR count). The summed E-state index contributed by atoms with van der Waals surface area (Å²) >= 11 is 0. The zero-order chi connectivity index (χ0) is 18.2. The van der Waals surface area contributed by atoms with Crippen LogP contribution in [0.5, 0.6) is 17.2 Å². The molecule has 0 saturated heterocycles. The number of carbonyl (C=O) groups excluding carboxylic acids is 1. The molecule has 0 fully saturated rings. The molecule has 6 heteroatoms. The Morgan fingerprint density at radius 1 is 1.00 bits per heavy atom. The average Bonchev–Trinajstić information content (AvgIpc) is 2.63. The normalized spacial score (nSPS) is 10.6. The van der Waals surface area contributed by atoms with Crippen molar-refractivity contribution >= 4 is 12.1 Å². The smallest absolute Gasteiger partial charge is 0.277 e. The summed E-state index contributed by atoms with van der Waals surface area (Å²) in [6.07, 6.45) is 1.60. The highest BCUT2D eigenvalue weighted by molar-refractivity contribution is 5.85. The zero-order valence-corrected chi connectivity index (χ0v) is 14.8. The summed E-state index contributed by atoms with van der Waals surface area (Å²) in [7, 11) is 3.18. The number of carbonyl (C=O) groups is 1. The fourth-order valence-electron chi connectivity index (χ4n) is 2.27. The Balaban J connectivity index is 1.92. The van der Waals surface area contributed by atoms with E-state index in [9.17, 15) is 4.79 Å². The van der Waals surface area contributed by atoms with Crippen LogP contribution in [0.3, 0.4) is 0 Å². The summed E-state index contributed by atoms with van der Waals surface area (Å²) in [6, 6.07) is 10.9. The number of methoxy groups -OCH3 is 2. The number of nitrogens with zero attached hydrogens (tertiary/aromatic N) is 1. The third-order valence-electron chi connectivity index (χ3n) is 3.82. The van der Waals surface area contributed by atoms with Crippen LogP contribution < -0.4 is 19.6 Å². The minimum Gasteiger partial charge on any atom is -0.496 e. The molecule has 0 bridgehead atoms. The second-order valence-corrected chi connectivity index (χ2v) is 5.34. The Morgan fingerprint density at radius 3 is 2.36 bits per heavy atom. The predicted octanol–water partition coefficient (Wildman–Crippen LogP) is 2.85. The fraction of sp³-hybridized carbons (Fsp3) is 0.263. The van der Waals surface area contributed by atoms with E-state index < -0.39 is 0 Å². The van der Waals surface area contributed by atoms with Crippen LogP contribution in [-0.2, 0) is 4.79 Å². The van der Waals surface area contributed by atoms with E-state index >= 15 is 0 Å². The van der Waals surface area contributed by atoms with Gasteiger partial charge in [0.2, 0.25) is 0 Å². The quantitative estimate of drug-likeness (QED) is 0.620. The molecule has 132 valence electrons. The number of para-hydroxylation sites is 2. The van der Waals surface area contributed by atoms with Crippen molar-refractivity contribution in [2.24, 2.45) is 5.10 Å². The maximum Gasteiger partial charge on any atom is 0.277 e. The summed E-state index contributed by atoms with van der Waals surface area (Å²) in [5.41, 5.74) is 5.44. The van der Waals surface area contributed by atoms with Gasteiger partial charge in [0.05, 0.1) is 20.4 Å². The SMILES string of the molecule is COc1ccccc1OCC(=O)N/N=C/c1ccc(OC)c(C)c1C. The molecule has 6 nitrogen and oxygen atoms in total. The lowest BCUT2D eigenvalue weighted by atomic mass is 10.0. The van der Waals surface area contributed by atoms with E-state index in [1.807, 2.05) is 38.1 Å². The molecule has 2 aromatic rings. The molecule has 0 aromatic heterocycles. The third kappa shape index (κ3) is 4.73. The van der Waals surface area contributed by atoms with Crippen molar-refractivity contribution in [2.45, 2.75) is 13.8 Å². The molecule has 0 radical (unpaired) electrons. The van der Waals surface area contributed by atoms with Gasteiger partial charge in [-0.1, -0.05) is 12.1 Å². The van der Waals surface area contributed by atoms with Crippen molar-refractivity contribution in [1.29, 1.82) is 0 Å². The molecule has 0 saturated carbocycles. The van der Waals surface area contributed by atoms with E-state index in [4.69, 9.17) is 14.2 Å². The van der Waals surface area contributed by atoms with Gasteiger partial charge in [-0.05, 0) is 54.8 Å². The van der Waals surface area contributed by atoms with E-state index in [-0.39, 0.29) is 12.5 Å². The lowest BCUT2D eigenvalue weighted by Gasteiger charge is -2.10. The van der Waals surface area contributed by atoms with Gasteiger partial charge in [-0.2, -0.15) is 5.10 Å². The predicted molar refractivity (Wildman–Crippen MR) is 96.7 cm³/mol. The first-order chi connectivity index (χ1) is 12.1. The summed E-state index contributed by atoms with van der Waals surface area (Å²) in [4.78, 5) is 11.8. The van der Waals surface area contributed by atoms with Gasteiger partial charge in [0.15, 0.2) is 18.1 Å². The average molecular weight is 342 g/mol. The first kappa shape index (κ1) is 18.3. The fourth-order valence-corrected chi connectivity index (χ4v) is 2.27. The van der Waals surface area contributed by atoms with E-state index in [2.05, 4.69) is 10.5 Å². The molecule has 2 aromatic carbocycles. The molecule has 0 aliphatic rings. The number of hydrogen-bond donors (Lipinski definition) is 1. The molecule has 0 atom stereocenters. The van der Waals surface area contributed by atoms with Crippen LogP contribution in [0.4, 0.5) is 0 Å². The minimum absolute atomic E-state index is 0.154. The number of ether oxygens (including phenoxy) is 3. The number of hydrogen-bond acceptors (Lipinski definition) is 5. The van der Waals surface area contributed by atoms with Gasteiger partial charge in [0.1, 0.15) is 5.75 Å². The number of rotatable bonds is 7. The molecule has 0 heterocycles. The second-order valence-electron chi connectivity index (χ2n) is 5.34. The van der Waals surface area contributed by atoms with E-state index in [1.54, 1.807) is 32.6 Å². The van der Waals surface area contributed by atoms with Gasteiger partial charge in [-0.25, -0.2) is 5.43 Å². The number of amides is 1. The highest BCUT2D eigenvalue weighted by Gasteiger charge is 2.07. The van der Waals surface area contributed by atoms with Gasteiger partial charge in [0.25, 0.3) is 5.91 Å². The van der Waals surface area contributed by atoms with Crippen LogP contribution in [0.15, 0.2) is 41.5 Å². The largest absolute Gasteiger partial charge is 0.496 e. The first-order valence-corrected chi connectivity index (χ1v) is 7.78. The molecular weight excluding hydrogens is 320 g/mol. The maximum atomic E-state index is 11.8. The number of nitrogens with one attached hydrogen (secondary N) is 1. The van der Waals surface area contributed by atoms with E-state index in [0.717, 1.165) is 22.4 Å². The Labute approximate surface area is 147 Å². The summed E-state index contributed by atoms with van der Waals surface area (Å²) in [5, 5.41) is 3.98. The number of hydrazone groups is 1. The summed E-state index contributed by atoms with van der Waals surface area (Å²) in [6.45, 7) is 3.80. The molecular formula is C19H22N2O4. The van der Waals surface area contributed by atoms with Crippen molar-refractivity contribution in [1.82, 2.24) is 5.43 Å². The van der Waals surface area contributed by atoms with Crippen molar-refractivity contribution in [3.8, 4) is 17.2 Å². The van der Waals surface area contributed by atoms with Crippen LogP contribution in [-0.4, -0.2) is 32.9 Å². The van der Waals surface area contributed by atoms with Crippen molar-refractivity contribution < 1.29 is 19.0 Å². The molecule has 25 heavy (non-hydrogen) atoms. The van der Waals surface area contributed by atoms with Crippen LogP contribution >= 0.6 is 0 Å². The molecule has 0 unspecified atom stereocenters. The molecule has 1 amide bonds. The van der Waals surface area contributed by atoms with Crippen LogP contribution in [0.1, 0.15) is 16.7 Å². The summed E-state index contributed by atoms with van der Waals surface area (Å²) < 4.78 is 15.9. The second kappa shape index (κ2) is 8.73. The van der Waals surface area contributed by atoms with Crippen molar-refractivity contribution in [3.63, 3.8) is 0 Å². The standard InChI is InChI=1S/C19H22N2O4/c1-13-14(2)16(23-3)10-9-15(13)11-20-21-19(22)12-25-18-8-6-5-7-17(18)24-4/h5-11H,12H2,1-4H3,(H,21,22)/b20-11+. The van der Waals surface area contributed by atoms with Crippen LogP contribution in [0.25, 0.3) is 0 Å². The Bertz CT molecular complexity index is 772. The van der Waals surface area contributed by atoms with Gasteiger partial charge < -0.3 is 14.2 Å².